The molecular weight excluding hydrogens is 154 g/mol. The van der Waals surface area contributed by atoms with Gasteiger partial charge in [0.15, 0.2) is 0 Å². The molecule has 0 radical (unpaired) electrons. The highest BCUT2D eigenvalue weighted by Gasteiger charge is 2.22. The second-order valence-electron chi connectivity index (χ2n) is 3.41. The number of likely N-dealkylation sites (N-methyl/N-ethyl adjacent to an activating group) is 1. The highest BCUT2D eigenvalue weighted by molar-refractivity contribution is 4.79. The fourth-order valence-electron chi connectivity index (χ4n) is 1.59. The summed E-state index contributed by atoms with van der Waals surface area (Å²) in [6, 6.07) is 0.297. The zero-order chi connectivity index (χ0) is 8.97. The summed E-state index contributed by atoms with van der Waals surface area (Å²) >= 11 is 0. The third-order valence-electron chi connectivity index (χ3n) is 2.52. The molecule has 3 N–H and O–H groups in total. The van der Waals surface area contributed by atoms with Crippen molar-refractivity contribution in [1.29, 1.82) is 0 Å². The van der Waals surface area contributed by atoms with Crippen molar-refractivity contribution in [1.82, 2.24) is 9.80 Å². The Kier molecular flexibility index (Phi) is 3.94. The minimum atomic E-state index is 0.248. The summed E-state index contributed by atoms with van der Waals surface area (Å²) in [4.78, 5) is 4.51. The molecule has 0 amide bonds. The van der Waals surface area contributed by atoms with Crippen LogP contribution in [0.4, 0.5) is 0 Å². The molecule has 1 unspecified atom stereocenters. The van der Waals surface area contributed by atoms with Gasteiger partial charge in [0.05, 0.1) is 6.61 Å². The molecule has 1 fully saturated rings. The SMILES string of the molecule is CN1CCN(CCN)CC1CO. The molecule has 4 heteroatoms. The average molecular weight is 173 g/mol. The van der Waals surface area contributed by atoms with Crippen molar-refractivity contribution in [3.8, 4) is 0 Å². The molecule has 0 spiro atoms. The molecule has 0 aromatic heterocycles. The van der Waals surface area contributed by atoms with Crippen LogP contribution in [0.15, 0.2) is 0 Å². The molecular formula is C8H19N3O. The third kappa shape index (κ3) is 2.42. The quantitative estimate of drug-likeness (QED) is 0.548. The molecule has 0 aliphatic carbocycles. The van der Waals surface area contributed by atoms with Crippen LogP contribution in [0.1, 0.15) is 0 Å². The Labute approximate surface area is 73.9 Å². The molecule has 0 aromatic rings. The van der Waals surface area contributed by atoms with E-state index in [0.717, 1.165) is 26.2 Å². The number of nitrogens with two attached hydrogens (primary N) is 1. The van der Waals surface area contributed by atoms with E-state index in [1.807, 2.05) is 0 Å². The smallest absolute Gasteiger partial charge is 0.0599 e. The number of nitrogens with zero attached hydrogens (tertiary/aromatic N) is 2. The molecule has 1 saturated heterocycles. The second kappa shape index (κ2) is 4.77. The van der Waals surface area contributed by atoms with Crippen LogP contribution >= 0.6 is 0 Å². The second-order valence-corrected chi connectivity index (χ2v) is 3.41. The number of aliphatic hydroxyl groups excluding tert-OH is 1. The lowest BCUT2D eigenvalue weighted by Gasteiger charge is -2.38. The molecule has 0 aromatic carbocycles. The predicted molar refractivity (Wildman–Crippen MR) is 49.0 cm³/mol. The molecule has 1 atom stereocenters. The molecule has 1 aliphatic rings. The van der Waals surface area contributed by atoms with E-state index in [4.69, 9.17) is 10.8 Å². The van der Waals surface area contributed by atoms with Gasteiger partial charge in [0.1, 0.15) is 0 Å². The summed E-state index contributed by atoms with van der Waals surface area (Å²) < 4.78 is 0. The Hall–Kier alpha value is -0.160. The fourth-order valence-corrected chi connectivity index (χ4v) is 1.59. The molecule has 1 rings (SSSR count). The lowest BCUT2D eigenvalue weighted by atomic mass is 10.2. The summed E-state index contributed by atoms with van der Waals surface area (Å²) in [6.07, 6.45) is 0. The molecule has 4 nitrogen and oxygen atoms in total. The van der Waals surface area contributed by atoms with Crippen molar-refractivity contribution >= 4 is 0 Å². The molecule has 1 aliphatic heterocycles. The molecule has 0 saturated carbocycles. The summed E-state index contributed by atoms with van der Waals surface area (Å²) in [6.45, 7) is 4.96. The summed E-state index contributed by atoms with van der Waals surface area (Å²) in [7, 11) is 2.06. The van der Waals surface area contributed by atoms with Gasteiger partial charge in [0.25, 0.3) is 0 Å². The first-order valence-corrected chi connectivity index (χ1v) is 4.51. The van der Waals surface area contributed by atoms with Gasteiger partial charge in [0.2, 0.25) is 0 Å². The van der Waals surface area contributed by atoms with E-state index in [9.17, 15) is 0 Å². The third-order valence-corrected chi connectivity index (χ3v) is 2.52. The summed E-state index contributed by atoms with van der Waals surface area (Å²) in [5, 5.41) is 9.05. The zero-order valence-electron chi connectivity index (χ0n) is 7.74. The Morgan fingerprint density at radius 1 is 1.50 bits per heavy atom. The molecule has 1 heterocycles. The summed E-state index contributed by atoms with van der Waals surface area (Å²) in [5.74, 6) is 0. The number of hydrogen-bond donors (Lipinski definition) is 2. The lowest BCUT2D eigenvalue weighted by molar-refractivity contribution is 0.0593. The van der Waals surface area contributed by atoms with E-state index in [0.29, 0.717) is 12.6 Å². The van der Waals surface area contributed by atoms with Gasteiger partial charge < -0.3 is 10.8 Å². The highest BCUT2D eigenvalue weighted by Crippen LogP contribution is 2.05. The number of rotatable bonds is 3. The van der Waals surface area contributed by atoms with Crippen LogP contribution < -0.4 is 5.73 Å². The van der Waals surface area contributed by atoms with Crippen molar-refractivity contribution in [3.05, 3.63) is 0 Å². The highest BCUT2D eigenvalue weighted by atomic mass is 16.3. The van der Waals surface area contributed by atoms with Gasteiger partial charge >= 0.3 is 0 Å². The van der Waals surface area contributed by atoms with E-state index in [1.54, 1.807) is 0 Å². The first kappa shape index (κ1) is 9.92. The molecule has 12 heavy (non-hydrogen) atoms. The Balaban J connectivity index is 2.33. The molecule has 0 bridgehead atoms. The Bertz CT molecular complexity index is 131. The number of aliphatic hydroxyl groups is 1. The van der Waals surface area contributed by atoms with Gasteiger partial charge in [-0.25, -0.2) is 0 Å². The average Bonchev–Trinajstić information content (AvgIpc) is 2.09. The van der Waals surface area contributed by atoms with Crippen LogP contribution in [-0.4, -0.2) is 67.3 Å². The first-order chi connectivity index (χ1) is 5.77. The maximum absolute atomic E-state index is 9.05. The van der Waals surface area contributed by atoms with Gasteiger partial charge in [-0.05, 0) is 7.05 Å². The predicted octanol–water partition coefficient (Wildman–Crippen LogP) is -1.45. The van der Waals surface area contributed by atoms with Crippen molar-refractivity contribution in [2.75, 3.05) is 46.4 Å². The van der Waals surface area contributed by atoms with Gasteiger partial charge in [-0.3, -0.25) is 9.80 Å². The van der Waals surface area contributed by atoms with Crippen LogP contribution in [0, 0.1) is 0 Å². The fraction of sp³-hybridized carbons (Fsp3) is 1.00. The van der Waals surface area contributed by atoms with Gasteiger partial charge in [-0.2, -0.15) is 0 Å². The standard InChI is InChI=1S/C8H19N3O/c1-10-4-5-11(3-2-9)6-8(10)7-12/h8,12H,2-7,9H2,1H3. The van der Waals surface area contributed by atoms with E-state index < -0.39 is 0 Å². The van der Waals surface area contributed by atoms with Crippen LogP contribution in [0.3, 0.4) is 0 Å². The van der Waals surface area contributed by atoms with E-state index >= 15 is 0 Å². The summed E-state index contributed by atoms with van der Waals surface area (Å²) in [5.41, 5.74) is 5.46. The minimum absolute atomic E-state index is 0.248. The van der Waals surface area contributed by atoms with Crippen LogP contribution in [-0.2, 0) is 0 Å². The maximum Gasteiger partial charge on any atom is 0.0599 e. The number of hydrogen-bond acceptors (Lipinski definition) is 4. The van der Waals surface area contributed by atoms with Crippen LogP contribution in [0.5, 0.6) is 0 Å². The minimum Gasteiger partial charge on any atom is -0.395 e. The Morgan fingerprint density at radius 3 is 2.83 bits per heavy atom. The topological polar surface area (TPSA) is 52.7 Å². The zero-order valence-corrected chi connectivity index (χ0v) is 7.74. The van der Waals surface area contributed by atoms with Crippen molar-refractivity contribution in [2.24, 2.45) is 5.73 Å². The maximum atomic E-state index is 9.05. The van der Waals surface area contributed by atoms with Crippen LogP contribution in [0.2, 0.25) is 0 Å². The van der Waals surface area contributed by atoms with Gasteiger partial charge in [0, 0.05) is 38.8 Å². The largest absolute Gasteiger partial charge is 0.395 e. The Morgan fingerprint density at radius 2 is 2.25 bits per heavy atom. The monoisotopic (exact) mass is 173 g/mol. The van der Waals surface area contributed by atoms with Gasteiger partial charge in [-0.1, -0.05) is 0 Å². The first-order valence-electron chi connectivity index (χ1n) is 4.51. The number of piperazine rings is 1. The van der Waals surface area contributed by atoms with Gasteiger partial charge in [-0.15, -0.1) is 0 Å². The van der Waals surface area contributed by atoms with E-state index in [2.05, 4.69) is 16.8 Å². The normalized spacial score (nSPS) is 27.8. The van der Waals surface area contributed by atoms with Crippen molar-refractivity contribution in [2.45, 2.75) is 6.04 Å². The van der Waals surface area contributed by atoms with E-state index in [1.165, 1.54) is 0 Å². The van der Waals surface area contributed by atoms with Crippen molar-refractivity contribution in [3.63, 3.8) is 0 Å². The van der Waals surface area contributed by atoms with Crippen molar-refractivity contribution < 1.29 is 5.11 Å². The van der Waals surface area contributed by atoms with Crippen LogP contribution in [0.25, 0.3) is 0 Å². The molecule has 72 valence electrons. The lowest BCUT2D eigenvalue weighted by Crippen LogP contribution is -2.53. The van der Waals surface area contributed by atoms with E-state index in [-0.39, 0.29) is 6.61 Å².